The lowest BCUT2D eigenvalue weighted by Crippen LogP contribution is -2.67. The summed E-state index contributed by atoms with van der Waals surface area (Å²) in [6.07, 6.45) is 12.1. The lowest BCUT2D eigenvalue weighted by molar-refractivity contribution is -0.253. The van der Waals surface area contributed by atoms with Crippen LogP contribution in [0, 0.1) is 41.4 Å². The van der Waals surface area contributed by atoms with E-state index in [9.17, 15) is 9.59 Å². The average Bonchev–Trinajstić information content (AvgIpc) is 3.25. The minimum Gasteiger partial charge on any atom is -0.453 e. The van der Waals surface area contributed by atoms with Gasteiger partial charge in [0.05, 0.1) is 17.2 Å². The van der Waals surface area contributed by atoms with Gasteiger partial charge in [-0.3, -0.25) is 0 Å². The number of halogens is 2. The van der Waals surface area contributed by atoms with Crippen LogP contribution in [0.25, 0.3) is 0 Å². The largest absolute Gasteiger partial charge is 0.453 e. The summed E-state index contributed by atoms with van der Waals surface area (Å²) in [6, 6.07) is 16.1. The van der Waals surface area contributed by atoms with Gasteiger partial charge in [0, 0.05) is 39.5 Å². The fourth-order valence-corrected chi connectivity index (χ4v) is 13.2. The molecule has 0 N–H and O–H groups in total. The summed E-state index contributed by atoms with van der Waals surface area (Å²) < 4.78 is 8.94. The first-order valence-corrected chi connectivity index (χ1v) is 22.3. The summed E-state index contributed by atoms with van der Waals surface area (Å²) in [4.78, 5) is 40.8. The van der Waals surface area contributed by atoms with Crippen molar-refractivity contribution in [2.75, 3.05) is 26.7 Å². The molecule has 2 aromatic carbocycles. The van der Waals surface area contributed by atoms with Crippen molar-refractivity contribution in [1.82, 2.24) is 14.9 Å². The molecule has 2 bridgehead atoms. The number of esters is 1. The van der Waals surface area contributed by atoms with E-state index in [1.807, 2.05) is 48.5 Å². The number of hydroxylamine groups is 2. The van der Waals surface area contributed by atoms with Gasteiger partial charge in [0.2, 0.25) is 0 Å². The molecule has 0 radical (unpaired) electrons. The Labute approximate surface area is 334 Å². The zero-order valence-corrected chi connectivity index (χ0v) is 35.3. The van der Waals surface area contributed by atoms with Crippen LogP contribution < -0.4 is 0 Å². The maximum Gasteiger partial charge on any atom is 0.357 e. The summed E-state index contributed by atoms with van der Waals surface area (Å²) in [5.41, 5.74) is 0.344. The SMILES string of the molecule is CCN1CCC[C@H]2[C@@H](C[C@@H]3CC[C@@]4(OC(=O)c5ccc(Br)cc5)[C@@H]5C[C@@H]6[C@@H](C[C@H](C)C[C@@H]6N(C)C5)C[C@@H]4N3OC(=O)c3ccc(Br)cc3)C[C@H](C)C[C@H]21. The fraction of sp³-hybridized carbons (Fsp3) is 0.682. The summed E-state index contributed by atoms with van der Waals surface area (Å²) in [5.74, 6) is 3.15. The first-order chi connectivity index (χ1) is 25.5. The van der Waals surface area contributed by atoms with E-state index in [-0.39, 0.29) is 29.9 Å². The van der Waals surface area contributed by atoms with E-state index >= 15 is 0 Å². The molecule has 3 saturated carbocycles. The Morgan fingerprint density at radius 2 is 1.47 bits per heavy atom. The smallest absolute Gasteiger partial charge is 0.357 e. The zero-order chi connectivity index (χ0) is 37.0. The molecule has 3 saturated heterocycles. The number of carbonyl (C=O) groups excluding carboxylic acids is 2. The number of piperidine rings is 3. The molecule has 0 amide bonds. The first kappa shape index (κ1) is 38.1. The second-order valence-electron chi connectivity index (χ2n) is 18.1. The Bertz CT molecular complexity index is 1620. The van der Waals surface area contributed by atoms with Crippen molar-refractivity contribution in [1.29, 1.82) is 0 Å². The van der Waals surface area contributed by atoms with E-state index in [0.29, 0.717) is 58.7 Å². The minimum absolute atomic E-state index is 0.0688. The Balaban J connectivity index is 1.20. The third-order valence-electron chi connectivity index (χ3n) is 14.9. The molecule has 3 aliphatic carbocycles. The third-order valence-corrected chi connectivity index (χ3v) is 16.0. The van der Waals surface area contributed by atoms with Gasteiger partial charge in [-0.05, 0) is 175 Å². The normalized spacial score (nSPS) is 38.9. The van der Waals surface area contributed by atoms with Crippen molar-refractivity contribution >= 4 is 43.8 Å². The molecule has 6 fully saturated rings. The van der Waals surface area contributed by atoms with E-state index in [0.717, 1.165) is 54.1 Å². The quantitative estimate of drug-likeness (QED) is 0.257. The molecule has 12 atom stereocenters. The molecule has 288 valence electrons. The van der Waals surface area contributed by atoms with Crippen LogP contribution in [0.3, 0.4) is 0 Å². The third kappa shape index (κ3) is 7.45. The number of fused-ring (bicyclic) bond motifs is 4. The highest BCUT2D eigenvalue weighted by molar-refractivity contribution is 9.10. The van der Waals surface area contributed by atoms with Gasteiger partial charge in [-0.2, -0.15) is 0 Å². The fourth-order valence-electron chi connectivity index (χ4n) is 12.6. The zero-order valence-electron chi connectivity index (χ0n) is 32.1. The summed E-state index contributed by atoms with van der Waals surface area (Å²) in [6.45, 7) is 10.4. The van der Waals surface area contributed by atoms with Crippen LogP contribution in [0.2, 0.25) is 0 Å². The molecule has 8 rings (SSSR count). The Hall–Kier alpha value is -1.78. The molecular formula is C44H59Br2N3O4. The van der Waals surface area contributed by atoms with Gasteiger partial charge >= 0.3 is 11.9 Å². The van der Waals surface area contributed by atoms with Crippen LogP contribution in [-0.4, -0.2) is 83.3 Å². The predicted octanol–water partition coefficient (Wildman–Crippen LogP) is 9.64. The molecule has 3 heterocycles. The van der Waals surface area contributed by atoms with Gasteiger partial charge < -0.3 is 19.4 Å². The van der Waals surface area contributed by atoms with Gasteiger partial charge in [0.1, 0.15) is 5.60 Å². The Kier molecular flexibility index (Phi) is 11.2. The number of carbonyl (C=O) groups is 2. The molecule has 9 heteroatoms. The number of benzene rings is 2. The number of ether oxygens (including phenoxy) is 1. The number of likely N-dealkylation sites (tertiary alicyclic amines) is 2. The van der Waals surface area contributed by atoms with Crippen LogP contribution in [0.5, 0.6) is 0 Å². The van der Waals surface area contributed by atoms with E-state index < -0.39 is 5.60 Å². The minimum atomic E-state index is -0.771. The highest BCUT2D eigenvalue weighted by Crippen LogP contribution is 2.57. The van der Waals surface area contributed by atoms with Crippen LogP contribution in [0.15, 0.2) is 57.5 Å². The number of rotatable bonds is 7. The Morgan fingerprint density at radius 3 is 2.17 bits per heavy atom. The van der Waals surface area contributed by atoms with Crippen molar-refractivity contribution in [3.05, 3.63) is 68.6 Å². The number of hydrogen-bond donors (Lipinski definition) is 0. The van der Waals surface area contributed by atoms with Crippen LogP contribution in [0.1, 0.15) is 112 Å². The first-order valence-electron chi connectivity index (χ1n) is 20.7. The van der Waals surface area contributed by atoms with E-state index in [2.05, 4.69) is 74.5 Å². The van der Waals surface area contributed by atoms with Crippen LogP contribution in [-0.2, 0) is 9.57 Å². The highest BCUT2D eigenvalue weighted by Gasteiger charge is 2.63. The molecular weight excluding hydrogens is 794 g/mol. The highest BCUT2D eigenvalue weighted by atomic mass is 79.9. The van der Waals surface area contributed by atoms with Crippen molar-refractivity contribution in [3.63, 3.8) is 0 Å². The predicted molar refractivity (Wildman–Crippen MR) is 215 cm³/mol. The molecule has 3 aliphatic heterocycles. The molecule has 2 aromatic rings. The Morgan fingerprint density at radius 1 is 0.811 bits per heavy atom. The standard InChI is InChI=1S/C44H59Br2N3O4/c1-5-48-18-6-7-37-31(19-28(3)22-40(37)48)23-36-16-17-44(52-42(50)29-8-12-34(45)13-9-29)33-25-38-32(20-27(2)21-39(38)47(4)26-33)24-41(44)49(36)53-43(51)30-10-14-35(46)15-11-30/h8-15,27-28,31-33,36-41H,5-7,16-26H2,1-4H3/t27-,28-,31+,32-,33+,36-,37-,38+,39-,40+,41-,44+/m0/s1. The molecule has 53 heavy (non-hydrogen) atoms. The number of hydrogen-bond acceptors (Lipinski definition) is 7. The molecule has 0 unspecified atom stereocenters. The molecule has 6 aliphatic rings. The van der Waals surface area contributed by atoms with E-state index in [4.69, 9.17) is 9.57 Å². The lowest BCUT2D eigenvalue weighted by Gasteiger charge is -2.56. The molecule has 0 aromatic heterocycles. The van der Waals surface area contributed by atoms with Crippen molar-refractivity contribution in [3.8, 4) is 0 Å². The van der Waals surface area contributed by atoms with E-state index in [1.165, 1.54) is 45.1 Å². The van der Waals surface area contributed by atoms with Crippen molar-refractivity contribution in [2.24, 2.45) is 41.4 Å². The maximum absolute atomic E-state index is 14.4. The van der Waals surface area contributed by atoms with Gasteiger partial charge in [-0.15, -0.1) is 5.06 Å². The average molecular weight is 854 g/mol. The van der Waals surface area contributed by atoms with Crippen molar-refractivity contribution in [2.45, 2.75) is 121 Å². The molecule has 7 nitrogen and oxygen atoms in total. The second-order valence-corrected chi connectivity index (χ2v) is 19.9. The van der Waals surface area contributed by atoms with E-state index in [1.54, 1.807) is 0 Å². The monoisotopic (exact) mass is 851 g/mol. The second kappa shape index (κ2) is 15.6. The maximum atomic E-state index is 14.4. The topological polar surface area (TPSA) is 62.3 Å². The van der Waals surface area contributed by atoms with Gasteiger partial charge in [-0.1, -0.05) is 52.6 Å². The van der Waals surface area contributed by atoms with Crippen LogP contribution in [0.4, 0.5) is 0 Å². The lowest BCUT2D eigenvalue weighted by atomic mass is 9.64. The molecule has 0 spiro atoms. The summed E-state index contributed by atoms with van der Waals surface area (Å²) in [7, 11) is 2.30. The van der Waals surface area contributed by atoms with Crippen LogP contribution >= 0.6 is 31.9 Å². The van der Waals surface area contributed by atoms with Crippen molar-refractivity contribution < 1.29 is 19.2 Å². The number of nitrogens with zero attached hydrogens (tertiary/aromatic N) is 3. The summed E-state index contributed by atoms with van der Waals surface area (Å²) in [5, 5.41) is 2.16. The van der Waals surface area contributed by atoms with Gasteiger partial charge in [0.25, 0.3) is 0 Å². The van der Waals surface area contributed by atoms with Gasteiger partial charge in [0.15, 0.2) is 0 Å². The summed E-state index contributed by atoms with van der Waals surface area (Å²) >= 11 is 7.09. The van der Waals surface area contributed by atoms with Gasteiger partial charge in [-0.25, -0.2) is 9.59 Å².